The molecule has 0 atom stereocenters. The van der Waals surface area contributed by atoms with Crippen molar-refractivity contribution in [2.24, 2.45) is 0 Å². The van der Waals surface area contributed by atoms with E-state index in [1.807, 2.05) is 12.1 Å². The first kappa shape index (κ1) is 24.7. The van der Waals surface area contributed by atoms with Crippen LogP contribution in [0.25, 0.3) is 65.4 Å². The van der Waals surface area contributed by atoms with Crippen LogP contribution in [0.2, 0.25) is 0 Å². The van der Waals surface area contributed by atoms with Crippen LogP contribution in [0.5, 0.6) is 0 Å². The normalized spacial score (nSPS) is 11.6. The second-order valence-electron chi connectivity index (χ2n) is 11.3. The number of anilines is 3. The van der Waals surface area contributed by atoms with Gasteiger partial charge in [0.25, 0.3) is 0 Å². The maximum Gasteiger partial charge on any atom is 0.143 e. The molecule has 9 rings (SSSR count). The van der Waals surface area contributed by atoms with Crippen molar-refractivity contribution in [2.75, 3.05) is 4.90 Å². The molecule has 0 aliphatic rings. The van der Waals surface area contributed by atoms with Gasteiger partial charge in [0.05, 0.1) is 11.4 Å². The summed E-state index contributed by atoms with van der Waals surface area (Å²) in [7, 11) is 0. The van der Waals surface area contributed by atoms with Crippen molar-refractivity contribution in [3.8, 4) is 11.1 Å². The van der Waals surface area contributed by atoms with E-state index >= 15 is 0 Å². The minimum atomic E-state index is 0.911. The van der Waals surface area contributed by atoms with Gasteiger partial charge in [-0.2, -0.15) is 0 Å². The maximum absolute atomic E-state index is 6.50. The average Bonchev–Trinajstić information content (AvgIpc) is 3.48. The van der Waals surface area contributed by atoms with E-state index < -0.39 is 0 Å². The molecule has 1 heterocycles. The van der Waals surface area contributed by atoms with Crippen LogP contribution in [-0.2, 0) is 0 Å². The van der Waals surface area contributed by atoms with Crippen molar-refractivity contribution in [3.63, 3.8) is 0 Å². The van der Waals surface area contributed by atoms with Crippen molar-refractivity contribution in [1.29, 1.82) is 0 Å². The Bertz CT molecular complexity index is 2510. The summed E-state index contributed by atoms with van der Waals surface area (Å²) in [4.78, 5) is 2.43. The minimum Gasteiger partial charge on any atom is -0.455 e. The van der Waals surface area contributed by atoms with Crippen LogP contribution in [0, 0.1) is 0 Å². The summed E-state index contributed by atoms with van der Waals surface area (Å²) in [6.07, 6.45) is 0. The Morgan fingerprint density at radius 1 is 0.364 bits per heavy atom. The third-order valence-corrected chi connectivity index (χ3v) is 8.82. The molecular formula is C42H27NO. The first-order chi connectivity index (χ1) is 21.8. The van der Waals surface area contributed by atoms with E-state index in [9.17, 15) is 0 Å². The number of hydrogen-bond acceptors (Lipinski definition) is 2. The fraction of sp³-hybridized carbons (Fsp3) is 0. The van der Waals surface area contributed by atoms with Gasteiger partial charge in [0.1, 0.15) is 11.2 Å². The molecule has 0 N–H and O–H groups in total. The van der Waals surface area contributed by atoms with Gasteiger partial charge in [0.2, 0.25) is 0 Å². The molecule has 0 aliphatic heterocycles. The maximum atomic E-state index is 6.50. The molecule has 0 amide bonds. The van der Waals surface area contributed by atoms with Crippen LogP contribution < -0.4 is 4.90 Å². The van der Waals surface area contributed by atoms with E-state index in [-0.39, 0.29) is 0 Å². The van der Waals surface area contributed by atoms with Crippen LogP contribution in [0.15, 0.2) is 168 Å². The van der Waals surface area contributed by atoms with Crippen molar-refractivity contribution in [3.05, 3.63) is 164 Å². The zero-order valence-corrected chi connectivity index (χ0v) is 23.9. The molecule has 0 aliphatic carbocycles. The number of nitrogens with zero attached hydrogens (tertiary/aromatic N) is 1. The van der Waals surface area contributed by atoms with Gasteiger partial charge >= 0.3 is 0 Å². The highest BCUT2D eigenvalue weighted by atomic mass is 16.3. The van der Waals surface area contributed by atoms with Crippen molar-refractivity contribution >= 4 is 71.3 Å². The number of rotatable bonds is 4. The molecule has 8 aromatic carbocycles. The largest absolute Gasteiger partial charge is 0.455 e. The van der Waals surface area contributed by atoms with Crippen LogP contribution >= 0.6 is 0 Å². The molecule has 0 spiro atoms. The summed E-state index contributed by atoms with van der Waals surface area (Å²) in [6, 6.07) is 58.6. The second-order valence-corrected chi connectivity index (χ2v) is 11.3. The standard InChI is InChI=1S/C42H27NO/c1-2-12-28(13-3-1)29-15-10-16-31(26-29)43(40-27-30-14-4-5-17-32(30)33-18-6-7-19-34(33)40)39-22-11-21-37-35(39)24-25-38-36-20-8-9-23-41(36)44-42(37)38/h1-27H. The fourth-order valence-electron chi connectivity index (χ4n) is 6.80. The van der Waals surface area contributed by atoms with Gasteiger partial charge in [-0.1, -0.05) is 127 Å². The van der Waals surface area contributed by atoms with E-state index in [1.54, 1.807) is 0 Å². The lowest BCUT2D eigenvalue weighted by Gasteiger charge is -2.29. The third kappa shape index (κ3) is 3.82. The first-order valence-corrected chi connectivity index (χ1v) is 15.0. The van der Waals surface area contributed by atoms with Gasteiger partial charge in [0, 0.05) is 32.6 Å². The Morgan fingerprint density at radius 3 is 1.86 bits per heavy atom. The molecule has 0 unspecified atom stereocenters. The highest BCUT2D eigenvalue weighted by molar-refractivity contribution is 6.19. The predicted octanol–water partition coefficient (Wildman–Crippen LogP) is 12.2. The molecule has 0 fully saturated rings. The van der Waals surface area contributed by atoms with Gasteiger partial charge < -0.3 is 9.32 Å². The molecular weight excluding hydrogens is 534 g/mol. The van der Waals surface area contributed by atoms with Gasteiger partial charge in [0.15, 0.2) is 0 Å². The Balaban J connectivity index is 1.38. The molecule has 1 aromatic heterocycles. The summed E-state index contributed by atoms with van der Waals surface area (Å²) in [5.41, 5.74) is 7.55. The number of benzene rings is 8. The molecule has 9 aromatic rings. The van der Waals surface area contributed by atoms with Crippen LogP contribution in [-0.4, -0.2) is 0 Å². The van der Waals surface area contributed by atoms with Crippen LogP contribution in [0.1, 0.15) is 0 Å². The molecule has 0 radical (unpaired) electrons. The summed E-state index contributed by atoms with van der Waals surface area (Å²) in [5.74, 6) is 0. The summed E-state index contributed by atoms with van der Waals surface area (Å²) in [6.45, 7) is 0. The lowest BCUT2D eigenvalue weighted by molar-refractivity contribution is 0.672. The van der Waals surface area contributed by atoms with Crippen molar-refractivity contribution in [2.45, 2.75) is 0 Å². The lowest BCUT2D eigenvalue weighted by atomic mass is 9.97. The van der Waals surface area contributed by atoms with E-state index in [0.29, 0.717) is 0 Å². The molecule has 0 bridgehead atoms. The van der Waals surface area contributed by atoms with Gasteiger partial charge in [-0.05, 0) is 63.7 Å². The van der Waals surface area contributed by atoms with E-state index in [2.05, 4.69) is 157 Å². The van der Waals surface area contributed by atoms with E-state index in [4.69, 9.17) is 4.42 Å². The SMILES string of the molecule is c1ccc(-c2cccc(N(c3cc4ccccc4c4ccccc34)c3cccc4c3ccc3c5ccccc5oc43)c2)cc1. The Hall–Kier alpha value is -5.86. The summed E-state index contributed by atoms with van der Waals surface area (Å²) >= 11 is 0. The fourth-order valence-corrected chi connectivity index (χ4v) is 6.80. The Kier molecular flexibility index (Phi) is 5.54. The molecule has 44 heavy (non-hydrogen) atoms. The third-order valence-electron chi connectivity index (χ3n) is 8.82. The number of para-hydroxylation sites is 1. The Morgan fingerprint density at radius 2 is 0.977 bits per heavy atom. The molecule has 2 nitrogen and oxygen atoms in total. The summed E-state index contributed by atoms with van der Waals surface area (Å²) < 4.78 is 6.50. The zero-order chi connectivity index (χ0) is 29.0. The van der Waals surface area contributed by atoms with Gasteiger partial charge in [-0.15, -0.1) is 0 Å². The lowest BCUT2D eigenvalue weighted by Crippen LogP contribution is -2.11. The quantitative estimate of drug-likeness (QED) is 0.199. The van der Waals surface area contributed by atoms with E-state index in [0.717, 1.165) is 49.8 Å². The van der Waals surface area contributed by atoms with Crippen molar-refractivity contribution < 1.29 is 4.42 Å². The molecule has 2 heteroatoms. The second kappa shape index (κ2) is 9.86. The monoisotopic (exact) mass is 561 g/mol. The van der Waals surface area contributed by atoms with Crippen molar-refractivity contribution in [1.82, 2.24) is 0 Å². The Labute approximate surface area is 255 Å². The van der Waals surface area contributed by atoms with Gasteiger partial charge in [-0.3, -0.25) is 0 Å². The topological polar surface area (TPSA) is 16.4 Å². The minimum absolute atomic E-state index is 0.911. The highest BCUT2D eigenvalue weighted by Crippen LogP contribution is 2.46. The summed E-state index contributed by atoms with van der Waals surface area (Å²) in [5, 5.41) is 9.44. The smallest absolute Gasteiger partial charge is 0.143 e. The highest BCUT2D eigenvalue weighted by Gasteiger charge is 2.21. The molecule has 0 saturated heterocycles. The molecule has 0 saturated carbocycles. The van der Waals surface area contributed by atoms with Gasteiger partial charge in [-0.25, -0.2) is 0 Å². The average molecular weight is 562 g/mol. The van der Waals surface area contributed by atoms with Crippen LogP contribution in [0.4, 0.5) is 17.1 Å². The zero-order valence-electron chi connectivity index (χ0n) is 23.9. The number of hydrogen-bond donors (Lipinski definition) is 0. The number of furan rings is 1. The van der Waals surface area contributed by atoms with Crippen LogP contribution in [0.3, 0.4) is 0 Å². The predicted molar refractivity (Wildman–Crippen MR) is 186 cm³/mol. The first-order valence-electron chi connectivity index (χ1n) is 15.0. The number of fused-ring (bicyclic) bond motifs is 8. The molecule has 206 valence electrons. The van der Waals surface area contributed by atoms with E-state index in [1.165, 1.54) is 32.7 Å².